The molecule has 2 N–H and O–H groups in total. The second-order valence-electron chi connectivity index (χ2n) is 6.19. The maximum Gasteiger partial charge on any atom is 0.274 e. The van der Waals surface area contributed by atoms with E-state index in [1.165, 1.54) is 18.7 Å². The number of Topliss-reactive ketones (excluding diaryl/α,β-unsaturated/α-hetero) is 1. The van der Waals surface area contributed by atoms with Crippen molar-refractivity contribution in [1.29, 1.82) is 0 Å². The predicted molar refractivity (Wildman–Crippen MR) is 105 cm³/mol. The van der Waals surface area contributed by atoms with Crippen molar-refractivity contribution in [3.05, 3.63) is 83.2 Å². The molecule has 0 spiro atoms. The lowest BCUT2D eigenvalue weighted by Gasteiger charge is -2.08. The molecule has 0 fully saturated rings. The molecule has 0 aliphatic heterocycles. The van der Waals surface area contributed by atoms with E-state index < -0.39 is 0 Å². The Balaban J connectivity index is 1.64. The number of amides is 1. The molecule has 0 saturated heterocycles. The topological polar surface area (TPSA) is 84.0 Å². The first-order valence-electron chi connectivity index (χ1n) is 8.56. The van der Waals surface area contributed by atoms with Crippen LogP contribution < -0.4 is 10.6 Å². The smallest absolute Gasteiger partial charge is 0.274 e. The molecule has 1 heterocycles. The molecular weight excluding hydrogens is 340 g/mol. The molecule has 0 aliphatic carbocycles. The fourth-order valence-electron chi connectivity index (χ4n) is 2.44. The number of hydrogen-bond acceptors (Lipinski definition) is 5. The van der Waals surface area contributed by atoms with Crippen molar-refractivity contribution < 1.29 is 9.59 Å². The van der Waals surface area contributed by atoms with Gasteiger partial charge in [-0.3, -0.25) is 9.59 Å². The summed E-state index contributed by atoms with van der Waals surface area (Å²) in [5, 5.41) is 5.88. The number of anilines is 2. The first-order valence-corrected chi connectivity index (χ1v) is 8.56. The summed E-state index contributed by atoms with van der Waals surface area (Å²) in [5.74, 6) is 0.0227. The van der Waals surface area contributed by atoms with Gasteiger partial charge in [-0.25, -0.2) is 9.97 Å². The summed E-state index contributed by atoms with van der Waals surface area (Å²) in [7, 11) is 0. The van der Waals surface area contributed by atoms with Crippen molar-refractivity contribution in [2.24, 2.45) is 0 Å². The number of nitrogens with one attached hydrogen (secondary N) is 2. The largest absolute Gasteiger partial charge is 0.350 e. The number of carbonyl (C=O) groups is 2. The molecule has 6 nitrogen and oxygen atoms in total. The molecule has 3 rings (SSSR count). The summed E-state index contributed by atoms with van der Waals surface area (Å²) < 4.78 is 0. The Kier molecular flexibility index (Phi) is 5.56. The van der Waals surface area contributed by atoms with Crippen LogP contribution >= 0.6 is 0 Å². The molecule has 2 aromatic carbocycles. The zero-order valence-electron chi connectivity index (χ0n) is 15.2. The third-order valence-corrected chi connectivity index (χ3v) is 4.01. The van der Waals surface area contributed by atoms with E-state index in [1.807, 2.05) is 31.2 Å². The van der Waals surface area contributed by atoms with E-state index in [-0.39, 0.29) is 17.4 Å². The molecule has 0 radical (unpaired) electrons. The van der Waals surface area contributed by atoms with Crippen LogP contribution in [0.4, 0.5) is 11.6 Å². The summed E-state index contributed by atoms with van der Waals surface area (Å²) in [6.45, 7) is 4.10. The van der Waals surface area contributed by atoms with Gasteiger partial charge >= 0.3 is 0 Å². The molecule has 1 aromatic heterocycles. The highest BCUT2D eigenvalue weighted by Gasteiger charge is 2.10. The first kappa shape index (κ1) is 18.3. The third kappa shape index (κ3) is 4.98. The number of aryl methyl sites for hydroxylation is 1. The fourth-order valence-corrected chi connectivity index (χ4v) is 2.44. The fraction of sp³-hybridized carbons (Fsp3) is 0.143. The average molecular weight is 360 g/mol. The standard InChI is InChI=1S/C21H20N4O2/c1-14-3-5-16(6-4-14)13-23-21-22-12-11-19(25-21)20(27)24-18-9-7-17(8-10-18)15(2)26/h3-12H,13H2,1-2H3,(H,24,27)(H,22,23,25). The summed E-state index contributed by atoms with van der Waals surface area (Å²) in [6, 6.07) is 16.4. The highest BCUT2D eigenvalue weighted by atomic mass is 16.2. The van der Waals surface area contributed by atoms with Crippen LogP contribution in [-0.4, -0.2) is 21.7 Å². The van der Waals surface area contributed by atoms with Gasteiger partial charge in [-0.2, -0.15) is 0 Å². The molecule has 0 unspecified atom stereocenters. The van der Waals surface area contributed by atoms with Gasteiger partial charge in [-0.1, -0.05) is 29.8 Å². The van der Waals surface area contributed by atoms with E-state index in [0.717, 1.165) is 5.56 Å². The summed E-state index contributed by atoms with van der Waals surface area (Å²) in [6.07, 6.45) is 1.54. The van der Waals surface area contributed by atoms with Crippen LogP contribution in [0.3, 0.4) is 0 Å². The summed E-state index contributed by atoms with van der Waals surface area (Å²) in [4.78, 5) is 32.1. The highest BCUT2D eigenvalue weighted by molar-refractivity contribution is 6.03. The molecular formula is C21H20N4O2. The molecule has 0 aliphatic rings. The quantitative estimate of drug-likeness (QED) is 0.652. The molecule has 27 heavy (non-hydrogen) atoms. The van der Waals surface area contributed by atoms with Crippen LogP contribution in [0, 0.1) is 6.92 Å². The van der Waals surface area contributed by atoms with Crippen LogP contribution in [-0.2, 0) is 6.54 Å². The van der Waals surface area contributed by atoms with Crippen LogP contribution in [0.5, 0.6) is 0 Å². The SMILES string of the molecule is CC(=O)c1ccc(NC(=O)c2ccnc(NCc3ccc(C)cc3)n2)cc1. The van der Waals surface area contributed by atoms with Crippen LogP contribution in [0.1, 0.15) is 38.9 Å². The lowest BCUT2D eigenvalue weighted by molar-refractivity contribution is 0.101. The molecule has 0 atom stereocenters. The third-order valence-electron chi connectivity index (χ3n) is 4.01. The Morgan fingerprint density at radius 1 is 0.963 bits per heavy atom. The van der Waals surface area contributed by atoms with Gasteiger partial charge in [-0.05, 0) is 49.7 Å². The summed E-state index contributed by atoms with van der Waals surface area (Å²) in [5.41, 5.74) is 3.75. The van der Waals surface area contributed by atoms with E-state index in [9.17, 15) is 9.59 Å². The first-order chi connectivity index (χ1) is 13.0. The molecule has 136 valence electrons. The highest BCUT2D eigenvalue weighted by Crippen LogP contribution is 2.12. The second-order valence-corrected chi connectivity index (χ2v) is 6.19. The number of rotatable bonds is 6. The minimum atomic E-state index is -0.341. The van der Waals surface area contributed by atoms with Crippen molar-refractivity contribution in [3.63, 3.8) is 0 Å². The van der Waals surface area contributed by atoms with Gasteiger partial charge < -0.3 is 10.6 Å². The maximum absolute atomic E-state index is 12.4. The van der Waals surface area contributed by atoms with Gasteiger partial charge in [0.15, 0.2) is 5.78 Å². The number of aromatic nitrogens is 2. The van der Waals surface area contributed by atoms with Gasteiger partial charge in [0.05, 0.1) is 0 Å². The van der Waals surface area contributed by atoms with Crippen LogP contribution in [0.2, 0.25) is 0 Å². The van der Waals surface area contributed by atoms with Gasteiger partial charge in [-0.15, -0.1) is 0 Å². The average Bonchev–Trinajstić information content (AvgIpc) is 2.68. The number of ketones is 1. The maximum atomic E-state index is 12.4. The van der Waals surface area contributed by atoms with E-state index in [0.29, 0.717) is 23.7 Å². The Bertz CT molecular complexity index is 951. The Labute approximate surface area is 157 Å². The molecule has 1 amide bonds. The molecule has 0 bridgehead atoms. The summed E-state index contributed by atoms with van der Waals surface area (Å²) >= 11 is 0. The van der Waals surface area contributed by atoms with Gasteiger partial charge in [0.1, 0.15) is 5.69 Å². The van der Waals surface area contributed by atoms with Crippen LogP contribution in [0.25, 0.3) is 0 Å². The van der Waals surface area contributed by atoms with Gasteiger partial charge in [0.2, 0.25) is 5.95 Å². The molecule has 6 heteroatoms. The minimum Gasteiger partial charge on any atom is -0.350 e. The van der Waals surface area contributed by atoms with E-state index in [4.69, 9.17) is 0 Å². The normalized spacial score (nSPS) is 10.3. The molecule has 3 aromatic rings. The van der Waals surface area contributed by atoms with E-state index >= 15 is 0 Å². The lowest BCUT2D eigenvalue weighted by Crippen LogP contribution is -2.15. The van der Waals surface area contributed by atoms with E-state index in [1.54, 1.807) is 30.3 Å². The van der Waals surface area contributed by atoms with E-state index in [2.05, 4.69) is 20.6 Å². The number of nitrogens with zero attached hydrogens (tertiary/aromatic N) is 2. The van der Waals surface area contributed by atoms with Gasteiger partial charge in [0.25, 0.3) is 5.91 Å². The van der Waals surface area contributed by atoms with Crippen molar-refractivity contribution in [2.75, 3.05) is 10.6 Å². The zero-order valence-corrected chi connectivity index (χ0v) is 15.2. The Hall–Kier alpha value is -3.54. The number of hydrogen-bond donors (Lipinski definition) is 2. The number of carbonyl (C=O) groups excluding carboxylic acids is 2. The van der Waals surface area contributed by atoms with Crippen LogP contribution in [0.15, 0.2) is 60.8 Å². The lowest BCUT2D eigenvalue weighted by atomic mass is 10.1. The monoisotopic (exact) mass is 360 g/mol. The van der Waals surface area contributed by atoms with Crippen molar-refractivity contribution in [2.45, 2.75) is 20.4 Å². The Morgan fingerprint density at radius 2 is 1.67 bits per heavy atom. The predicted octanol–water partition coefficient (Wildman–Crippen LogP) is 3.85. The van der Waals surface area contributed by atoms with Crippen molar-refractivity contribution >= 4 is 23.3 Å². The minimum absolute atomic E-state index is 0.0204. The van der Waals surface area contributed by atoms with Gasteiger partial charge in [0, 0.05) is 24.0 Å². The molecule has 0 saturated carbocycles. The van der Waals surface area contributed by atoms with Crippen molar-refractivity contribution in [1.82, 2.24) is 9.97 Å². The Morgan fingerprint density at radius 3 is 2.33 bits per heavy atom. The van der Waals surface area contributed by atoms with Crippen molar-refractivity contribution in [3.8, 4) is 0 Å². The zero-order chi connectivity index (χ0) is 19.2. The second kappa shape index (κ2) is 8.23. The number of benzene rings is 2.